The number of hydrogen-bond acceptors (Lipinski definition) is 3. The van der Waals surface area contributed by atoms with Gasteiger partial charge in [-0.1, -0.05) is 17.7 Å². The molecule has 2 nitrogen and oxygen atoms in total. The average molecular weight is 315 g/mol. The summed E-state index contributed by atoms with van der Waals surface area (Å²) in [4.78, 5) is 3.61. The SMILES string of the molecule is Cl.Nc1cccc2c1CCCN2Cc1sccc1Cl. The lowest BCUT2D eigenvalue weighted by atomic mass is 10.00. The van der Waals surface area contributed by atoms with E-state index >= 15 is 0 Å². The molecule has 0 unspecified atom stereocenters. The van der Waals surface area contributed by atoms with Crippen LogP contribution in [-0.2, 0) is 13.0 Å². The first-order valence-electron chi connectivity index (χ1n) is 6.10. The number of halogens is 2. The van der Waals surface area contributed by atoms with E-state index in [9.17, 15) is 0 Å². The predicted octanol–water partition coefficient (Wildman–Crippen LogP) is 4.36. The highest BCUT2D eigenvalue weighted by Crippen LogP contribution is 2.34. The molecule has 1 aliphatic heterocycles. The second-order valence-electron chi connectivity index (χ2n) is 4.56. The minimum Gasteiger partial charge on any atom is -0.398 e. The Kier molecular flexibility index (Phi) is 4.61. The number of hydrogen-bond donors (Lipinski definition) is 1. The zero-order valence-corrected chi connectivity index (χ0v) is 12.8. The van der Waals surface area contributed by atoms with Crippen LogP contribution in [0.25, 0.3) is 0 Å². The molecule has 2 N–H and O–H groups in total. The summed E-state index contributed by atoms with van der Waals surface area (Å²) in [5, 5.41) is 2.91. The molecule has 5 heteroatoms. The molecule has 2 aromatic rings. The maximum absolute atomic E-state index is 6.18. The number of thiophene rings is 1. The summed E-state index contributed by atoms with van der Waals surface area (Å²) in [5.41, 5.74) is 9.53. The third kappa shape index (κ3) is 2.83. The smallest absolute Gasteiger partial charge is 0.0563 e. The second-order valence-corrected chi connectivity index (χ2v) is 5.97. The van der Waals surface area contributed by atoms with Gasteiger partial charge in [-0.05, 0) is 42.0 Å². The first-order valence-corrected chi connectivity index (χ1v) is 7.35. The Morgan fingerprint density at radius 1 is 1.32 bits per heavy atom. The molecule has 0 saturated carbocycles. The summed E-state index contributed by atoms with van der Waals surface area (Å²) in [5.74, 6) is 0. The van der Waals surface area contributed by atoms with Crippen molar-refractivity contribution in [2.45, 2.75) is 19.4 Å². The number of nitrogens with two attached hydrogens (primary N) is 1. The van der Waals surface area contributed by atoms with Crippen LogP contribution >= 0.6 is 35.3 Å². The Balaban J connectivity index is 0.00000133. The van der Waals surface area contributed by atoms with Gasteiger partial charge < -0.3 is 10.6 Å². The van der Waals surface area contributed by atoms with Gasteiger partial charge in [-0.2, -0.15) is 0 Å². The highest BCUT2D eigenvalue weighted by atomic mass is 35.5. The van der Waals surface area contributed by atoms with E-state index in [0.29, 0.717) is 0 Å². The molecule has 2 heterocycles. The summed E-state index contributed by atoms with van der Waals surface area (Å²) < 4.78 is 0. The largest absolute Gasteiger partial charge is 0.398 e. The standard InChI is InChI=1S/C14H15ClN2S.ClH/c15-11-6-8-18-14(11)9-17-7-2-3-10-12(16)4-1-5-13(10)17;/h1,4-6,8H,2-3,7,9,16H2;1H. The molecule has 19 heavy (non-hydrogen) atoms. The molecule has 102 valence electrons. The molecule has 0 aliphatic carbocycles. The molecule has 0 bridgehead atoms. The Hall–Kier alpha value is -0.900. The highest BCUT2D eigenvalue weighted by molar-refractivity contribution is 7.10. The molecule has 0 atom stereocenters. The molecule has 0 amide bonds. The van der Waals surface area contributed by atoms with Crippen molar-refractivity contribution in [3.05, 3.63) is 45.1 Å². The number of benzene rings is 1. The lowest BCUT2D eigenvalue weighted by molar-refractivity contribution is 0.696. The quantitative estimate of drug-likeness (QED) is 0.834. The number of nitrogens with zero attached hydrogens (tertiary/aromatic N) is 1. The van der Waals surface area contributed by atoms with E-state index < -0.39 is 0 Å². The van der Waals surface area contributed by atoms with Crippen LogP contribution in [0.1, 0.15) is 16.9 Å². The molecular formula is C14H16Cl2N2S. The van der Waals surface area contributed by atoms with Crippen LogP contribution in [0.4, 0.5) is 11.4 Å². The lowest BCUT2D eigenvalue weighted by Gasteiger charge is -2.31. The van der Waals surface area contributed by atoms with E-state index in [-0.39, 0.29) is 12.4 Å². The number of fused-ring (bicyclic) bond motifs is 1. The predicted molar refractivity (Wildman–Crippen MR) is 86.8 cm³/mol. The van der Waals surface area contributed by atoms with Gasteiger partial charge in [-0.25, -0.2) is 0 Å². The normalized spacial score (nSPS) is 13.8. The topological polar surface area (TPSA) is 29.3 Å². The van der Waals surface area contributed by atoms with Crippen molar-refractivity contribution in [3.8, 4) is 0 Å². The van der Waals surface area contributed by atoms with E-state index in [0.717, 1.165) is 36.6 Å². The summed E-state index contributed by atoms with van der Waals surface area (Å²) in [6, 6.07) is 8.14. The van der Waals surface area contributed by atoms with Gasteiger partial charge in [0.05, 0.1) is 11.6 Å². The van der Waals surface area contributed by atoms with Crippen molar-refractivity contribution in [1.29, 1.82) is 0 Å². The maximum Gasteiger partial charge on any atom is 0.0563 e. The summed E-state index contributed by atoms with van der Waals surface area (Å²) >= 11 is 7.89. The molecule has 0 fully saturated rings. The van der Waals surface area contributed by atoms with Crippen molar-refractivity contribution in [1.82, 2.24) is 0 Å². The van der Waals surface area contributed by atoms with Crippen LogP contribution in [0.2, 0.25) is 5.02 Å². The average Bonchev–Trinajstić information content (AvgIpc) is 2.77. The van der Waals surface area contributed by atoms with E-state index in [1.54, 1.807) is 11.3 Å². The van der Waals surface area contributed by atoms with Gasteiger partial charge in [0.15, 0.2) is 0 Å². The minimum atomic E-state index is 0. The Morgan fingerprint density at radius 3 is 2.89 bits per heavy atom. The van der Waals surface area contributed by atoms with Crippen LogP contribution in [0.15, 0.2) is 29.6 Å². The monoisotopic (exact) mass is 314 g/mol. The minimum absolute atomic E-state index is 0. The number of nitrogen functional groups attached to an aromatic ring is 1. The third-order valence-electron chi connectivity index (χ3n) is 3.41. The fraction of sp³-hybridized carbons (Fsp3) is 0.286. The van der Waals surface area contributed by atoms with Gasteiger partial charge >= 0.3 is 0 Å². The first kappa shape index (κ1) is 14.5. The molecule has 1 aliphatic rings. The summed E-state index contributed by atoms with van der Waals surface area (Å²) in [6.07, 6.45) is 2.24. The van der Waals surface area contributed by atoms with Gasteiger partial charge in [-0.15, -0.1) is 23.7 Å². The fourth-order valence-corrected chi connectivity index (χ4v) is 3.61. The maximum atomic E-state index is 6.18. The van der Waals surface area contributed by atoms with Crippen LogP contribution < -0.4 is 10.6 Å². The van der Waals surface area contributed by atoms with Crippen molar-refractivity contribution < 1.29 is 0 Å². The van der Waals surface area contributed by atoms with Gasteiger partial charge in [0.1, 0.15) is 0 Å². The number of anilines is 2. The van der Waals surface area contributed by atoms with E-state index in [2.05, 4.69) is 11.0 Å². The third-order valence-corrected chi connectivity index (χ3v) is 4.78. The van der Waals surface area contributed by atoms with E-state index in [4.69, 9.17) is 17.3 Å². The van der Waals surface area contributed by atoms with Crippen molar-refractivity contribution in [3.63, 3.8) is 0 Å². The highest BCUT2D eigenvalue weighted by Gasteiger charge is 2.19. The first-order chi connectivity index (χ1) is 8.75. The zero-order chi connectivity index (χ0) is 12.5. The molecule has 0 spiro atoms. The van der Waals surface area contributed by atoms with Crippen LogP contribution in [0.3, 0.4) is 0 Å². The Morgan fingerprint density at radius 2 is 2.16 bits per heavy atom. The summed E-state index contributed by atoms with van der Waals surface area (Å²) in [7, 11) is 0. The van der Waals surface area contributed by atoms with Crippen LogP contribution in [0, 0.1) is 0 Å². The van der Waals surface area contributed by atoms with Gasteiger partial charge in [-0.3, -0.25) is 0 Å². The molecule has 0 radical (unpaired) electrons. The fourth-order valence-electron chi connectivity index (χ4n) is 2.50. The Labute approximate surface area is 128 Å². The Bertz CT molecular complexity index is 568. The molecular weight excluding hydrogens is 299 g/mol. The lowest BCUT2D eigenvalue weighted by Crippen LogP contribution is -2.29. The van der Waals surface area contributed by atoms with Gasteiger partial charge in [0.2, 0.25) is 0 Å². The molecule has 1 aromatic heterocycles. The molecule has 3 rings (SSSR count). The summed E-state index contributed by atoms with van der Waals surface area (Å²) in [6.45, 7) is 1.96. The van der Waals surface area contributed by atoms with E-state index in [1.807, 2.05) is 23.6 Å². The second kappa shape index (κ2) is 6.04. The van der Waals surface area contributed by atoms with Crippen LogP contribution in [-0.4, -0.2) is 6.54 Å². The van der Waals surface area contributed by atoms with Crippen molar-refractivity contribution >= 4 is 46.7 Å². The van der Waals surface area contributed by atoms with Crippen molar-refractivity contribution in [2.24, 2.45) is 0 Å². The van der Waals surface area contributed by atoms with Crippen LogP contribution in [0.5, 0.6) is 0 Å². The molecule has 0 saturated heterocycles. The van der Waals surface area contributed by atoms with Gasteiger partial charge in [0, 0.05) is 22.8 Å². The van der Waals surface area contributed by atoms with Gasteiger partial charge in [0.25, 0.3) is 0 Å². The number of rotatable bonds is 2. The zero-order valence-electron chi connectivity index (χ0n) is 10.4. The van der Waals surface area contributed by atoms with E-state index in [1.165, 1.54) is 16.1 Å². The van der Waals surface area contributed by atoms with Crippen molar-refractivity contribution in [2.75, 3.05) is 17.2 Å². The molecule has 1 aromatic carbocycles.